The molecule has 4 nitrogen and oxygen atoms in total. The number of rotatable bonds is 5. The van der Waals surface area contributed by atoms with Gasteiger partial charge in [0, 0.05) is 13.5 Å². The number of nitrogens with zero attached hydrogens (tertiary/aromatic N) is 1. The van der Waals surface area contributed by atoms with Crippen molar-refractivity contribution in [1.29, 1.82) is 0 Å². The third kappa shape index (κ3) is 4.73. The first kappa shape index (κ1) is 15.8. The molecule has 0 aliphatic carbocycles. The lowest BCUT2D eigenvalue weighted by Gasteiger charge is -2.20. The third-order valence-electron chi connectivity index (χ3n) is 2.50. The zero-order valence-corrected chi connectivity index (χ0v) is 12.4. The Labute approximate surface area is 122 Å². The summed E-state index contributed by atoms with van der Waals surface area (Å²) in [7, 11) is 0. The second-order valence-corrected chi connectivity index (χ2v) is 4.90. The van der Waals surface area contributed by atoms with E-state index in [9.17, 15) is 9.59 Å². The molecule has 0 spiro atoms. The molecule has 0 aromatic heterocycles. The van der Waals surface area contributed by atoms with Crippen LogP contribution in [0.4, 0.5) is 5.69 Å². The molecule has 104 valence electrons. The smallest absolute Gasteiger partial charge is 0.244 e. The fourth-order valence-electron chi connectivity index (χ4n) is 1.59. The number of carbonyl (C=O) groups is 2. The Morgan fingerprint density at radius 3 is 2.32 bits per heavy atom. The van der Waals surface area contributed by atoms with Crippen LogP contribution in [0.2, 0.25) is 10.0 Å². The Hall–Kier alpha value is -1.26. The average Bonchev–Trinajstić information content (AvgIpc) is 2.33. The van der Waals surface area contributed by atoms with Crippen molar-refractivity contribution < 1.29 is 9.59 Å². The van der Waals surface area contributed by atoms with Gasteiger partial charge in [0.15, 0.2) is 0 Å². The van der Waals surface area contributed by atoms with Gasteiger partial charge in [0.25, 0.3) is 0 Å². The predicted octanol–water partition coefficient (Wildman–Crippen LogP) is 3.19. The number of hydrogen-bond donors (Lipinski definition) is 1. The molecule has 1 aromatic carbocycles. The lowest BCUT2D eigenvalue weighted by molar-refractivity contribution is -0.132. The first-order valence-corrected chi connectivity index (χ1v) is 6.70. The van der Waals surface area contributed by atoms with Crippen LogP contribution in [0.5, 0.6) is 0 Å². The zero-order chi connectivity index (χ0) is 14.4. The molecule has 0 fully saturated rings. The van der Waals surface area contributed by atoms with E-state index in [4.69, 9.17) is 23.2 Å². The number of carbonyl (C=O) groups excluding carboxylic acids is 2. The van der Waals surface area contributed by atoms with E-state index in [1.165, 1.54) is 11.8 Å². The lowest BCUT2D eigenvalue weighted by atomic mass is 10.3. The molecular formula is C13H16Cl2N2O2. The molecule has 0 bridgehead atoms. The summed E-state index contributed by atoms with van der Waals surface area (Å²) in [6, 6.07) is 4.97. The van der Waals surface area contributed by atoms with Crippen LogP contribution < -0.4 is 5.32 Å². The van der Waals surface area contributed by atoms with Crippen molar-refractivity contribution in [3.63, 3.8) is 0 Å². The van der Waals surface area contributed by atoms with Gasteiger partial charge in [0.2, 0.25) is 11.8 Å². The molecule has 0 atom stereocenters. The first-order chi connectivity index (χ1) is 8.95. The first-order valence-electron chi connectivity index (χ1n) is 5.95. The molecule has 2 amide bonds. The second kappa shape index (κ2) is 7.36. The highest BCUT2D eigenvalue weighted by atomic mass is 35.5. The van der Waals surface area contributed by atoms with Gasteiger partial charge in [-0.05, 0) is 18.6 Å². The highest BCUT2D eigenvalue weighted by molar-refractivity contribution is 6.39. The minimum absolute atomic E-state index is 0.00920. The van der Waals surface area contributed by atoms with E-state index in [0.29, 0.717) is 22.3 Å². The topological polar surface area (TPSA) is 49.4 Å². The monoisotopic (exact) mass is 302 g/mol. The summed E-state index contributed by atoms with van der Waals surface area (Å²) in [5.74, 6) is -0.457. The second-order valence-electron chi connectivity index (χ2n) is 4.09. The van der Waals surface area contributed by atoms with Gasteiger partial charge in [-0.25, -0.2) is 0 Å². The van der Waals surface area contributed by atoms with E-state index in [1.807, 2.05) is 6.92 Å². The van der Waals surface area contributed by atoms with Crippen LogP contribution in [0.3, 0.4) is 0 Å². The number of para-hydroxylation sites is 1. The number of hydrogen-bond acceptors (Lipinski definition) is 2. The molecule has 6 heteroatoms. The van der Waals surface area contributed by atoms with Crippen LogP contribution in [-0.4, -0.2) is 29.8 Å². The van der Waals surface area contributed by atoms with Gasteiger partial charge in [0.05, 0.1) is 22.3 Å². The van der Waals surface area contributed by atoms with Gasteiger partial charge in [0.1, 0.15) is 0 Å². The number of nitrogens with one attached hydrogen (secondary N) is 1. The SMILES string of the molecule is CCCN(CC(=O)Nc1c(Cl)cccc1Cl)C(C)=O. The van der Waals surface area contributed by atoms with Crippen LogP contribution in [0, 0.1) is 0 Å². The van der Waals surface area contributed by atoms with E-state index >= 15 is 0 Å². The van der Waals surface area contributed by atoms with Gasteiger partial charge in [-0.1, -0.05) is 36.2 Å². The van der Waals surface area contributed by atoms with Crippen molar-refractivity contribution in [3.05, 3.63) is 28.2 Å². The summed E-state index contributed by atoms with van der Waals surface area (Å²) in [5.41, 5.74) is 0.371. The molecule has 19 heavy (non-hydrogen) atoms. The summed E-state index contributed by atoms with van der Waals surface area (Å²) in [5, 5.41) is 3.36. The zero-order valence-electron chi connectivity index (χ0n) is 10.9. The predicted molar refractivity (Wildman–Crippen MR) is 77.6 cm³/mol. The summed E-state index contributed by atoms with van der Waals surface area (Å²) in [6.07, 6.45) is 0.791. The van der Waals surface area contributed by atoms with E-state index in [0.717, 1.165) is 6.42 Å². The number of amides is 2. The molecule has 0 heterocycles. The van der Waals surface area contributed by atoms with Crippen LogP contribution in [-0.2, 0) is 9.59 Å². The van der Waals surface area contributed by atoms with Gasteiger partial charge in [-0.3, -0.25) is 9.59 Å². The molecule has 0 saturated heterocycles. The van der Waals surface area contributed by atoms with Crippen LogP contribution in [0.15, 0.2) is 18.2 Å². The normalized spacial score (nSPS) is 10.1. The Balaban J connectivity index is 2.72. The van der Waals surface area contributed by atoms with Crippen molar-refractivity contribution >= 4 is 40.7 Å². The summed E-state index contributed by atoms with van der Waals surface area (Å²) in [4.78, 5) is 24.7. The average molecular weight is 303 g/mol. The summed E-state index contributed by atoms with van der Waals surface area (Å²) >= 11 is 11.9. The maximum absolute atomic E-state index is 11.9. The number of benzene rings is 1. The Kier molecular flexibility index (Phi) is 6.12. The standard InChI is InChI=1S/C13H16Cl2N2O2/c1-3-7-17(9(2)18)8-12(19)16-13-10(14)5-4-6-11(13)15/h4-6H,3,7-8H2,1-2H3,(H,16,19). The highest BCUT2D eigenvalue weighted by Crippen LogP contribution is 2.29. The quantitative estimate of drug-likeness (QED) is 0.908. The van der Waals surface area contributed by atoms with Crippen molar-refractivity contribution in [1.82, 2.24) is 4.90 Å². The largest absolute Gasteiger partial charge is 0.334 e. The van der Waals surface area contributed by atoms with E-state index in [2.05, 4.69) is 5.32 Å². The minimum atomic E-state index is -0.321. The Bertz CT molecular complexity index is 457. The van der Waals surface area contributed by atoms with Crippen LogP contribution >= 0.6 is 23.2 Å². The number of anilines is 1. The summed E-state index contributed by atoms with van der Waals surface area (Å²) in [6.45, 7) is 3.91. The highest BCUT2D eigenvalue weighted by Gasteiger charge is 2.15. The maximum Gasteiger partial charge on any atom is 0.244 e. The van der Waals surface area contributed by atoms with Crippen molar-refractivity contribution in [2.24, 2.45) is 0 Å². The van der Waals surface area contributed by atoms with Crippen molar-refractivity contribution in [2.75, 3.05) is 18.4 Å². The van der Waals surface area contributed by atoms with Crippen molar-refractivity contribution in [2.45, 2.75) is 20.3 Å². The molecular weight excluding hydrogens is 287 g/mol. The van der Waals surface area contributed by atoms with Gasteiger partial charge in [-0.2, -0.15) is 0 Å². The van der Waals surface area contributed by atoms with E-state index in [1.54, 1.807) is 18.2 Å². The molecule has 0 aliphatic heterocycles. The van der Waals surface area contributed by atoms with Crippen LogP contribution in [0.25, 0.3) is 0 Å². The summed E-state index contributed by atoms with van der Waals surface area (Å²) < 4.78 is 0. The number of halogens is 2. The maximum atomic E-state index is 11.9. The van der Waals surface area contributed by atoms with E-state index in [-0.39, 0.29) is 18.4 Å². The Morgan fingerprint density at radius 1 is 1.26 bits per heavy atom. The minimum Gasteiger partial charge on any atom is -0.334 e. The van der Waals surface area contributed by atoms with Gasteiger partial charge in [-0.15, -0.1) is 0 Å². The fraction of sp³-hybridized carbons (Fsp3) is 0.385. The van der Waals surface area contributed by atoms with Crippen LogP contribution in [0.1, 0.15) is 20.3 Å². The molecule has 0 aliphatic rings. The lowest BCUT2D eigenvalue weighted by Crippen LogP contribution is -2.37. The van der Waals surface area contributed by atoms with Gasteiger partial charge >= 0.3 is 0 Å². The Morgan fingerprint density at radius 2 is 1.84 bits per heavy atom. The van der Waals surface area contributed by atoms with Crippen molar-refractivity contribution in [3.8, 4) is 0 Å². The molecule has 0 saturated carbocycles. The fourth-order valence-corrected chi connectivity index (χ4v) is 2.08. The van der Waals surface area contributed by atoms with E-state index < -0.39 is 0 Å². The third-order valence-corrected chi connectivity index (χ3v) is 3.13. The van der Waals surface area contributed by atoms with Gasteiger partial charge < -0.3 is 10.2 Å². The molecule has 1 rings (SSSR count). The molecule has 1 N–H and O–H groups in total. The molecule has 0 radical (unpaired) electrons. The molecule has 1 aromatic rings. The molecule has 0 unspecified atom stereocenters.